The van der Waals surface area contributed by atoms with Crippen LogP contribution in [0.4, 0.5) is 13.2 Å². The first-order valence-corrected chi connectivity index (χ1v) is 33.2. The maximum Gasteiger partial charge on any atom is 0.512 e. The SMILES string of the molecule is C=C(C)C#N.C=C(C)C(=O)CCCO.C=CC#N.C=CC(=O)OCCOC(=O)C=C.C=CC(=O)OCCOc1c(Br)cc(Br)cc1Br.C=CC(=O)OCC[N+](C)(C)C.C=CC(=O)OCC[N+](C)(C)C.C=CC=C.C=COC.C=Cc1ccc(O)cc1.CS(=O)(=O)NS(=O)(=O)C(F)(F)F.[Cl-]. The van der Waals surface area contributed by atoms with Gasteiger partial charge in [-0.1, -0.05) is 125 Å². The van der Waals surface area contributed by atoms with E-state index in [1.807, 2.05) is 72.6 Å². The first kappa shape index (κ1) is 112. The second-order valence-corrected chi connectivity index (χ2v) is 25.5. The van der Waals surface area contributed by atoms with Gasteiger partial charge in [0.2, 0.25) is 10.0 Å². The Hall–Kier alpha value is -8.02. The number of nitriles is 2. The smallest absolute Gasteiger partial charge is 0.512 e. The Labute approximate surface area is 614 Å². The average molecular weight is 1660 g/mol. The maximum atomic E-state index is 11.4. The third kappa shape index (κ3) is 94.2. The van der Waals surface area contributed by atoms with E-state index in [0.717, 1.165) is 59.3 Å². The summed E-state index contributed by atoms with van der Waals surface area (Å²) in [5.41, 5.74) is -3.46. The molecule has 0 atom stereocenters. The molecule has 33 heteroatoms. The molecule has 0 radical (unpaired) electrons. The van der Waals surface area contributed by atoms with Crippen molar-refractivity contribution in [3.05, 3.63) is 200 Å². The summed E-state index contributed by atoms with van der Waals surface area (Å²) >= 11 is 10.1. The lowest BCUT2D eigenvalue weighted by molar-refractivity contribution is -0.870. The van der Waals surface area contributed by atoms with Crippen molar-refractivity contribution in [3.63, 3.8) is 0 Å². The lowest BCUT2D eigenvalue weighted by atomic mass is 10.1. The molecule has 0 spiro atoms. The first-order valence-electron chi connectivity index (χ1n) is 27.4. The van der Waals surface area contributed by atoms with Gasteiger partial charge in [-0.25, -0.2) is 40.8 Å². The van der Waals surface area contributed by atoms with Crippen molar-refractivity contribution < 1.29 is 124 Å². The van der Waals surface area contributed by atoms with Crippen LogP contribution < -0.4 is 21.3 Å². The Morgan fingerprint density at radius 1 is 0.636 bits per heavy atom. The van der Waals surface area contributed by atoms with Gasteiger partial charge in [-0.15, -0.1) is 4.13 Å². The van der Waals surface area contributed by atoms with E-state index in [4.69, 9.17) is 39.7 Å². The number of alkyl halides is 3. The van der Waals surface area contributed by atoms with Gasteiger partial charge in [-0.2, -0.15) is 23.7 Å². The van der Waals surface area contributed by atoms with Crippen molar-refractivity contribution in [1.29, 1.82) is 10.5 Å². The molecule has 0 aliphatic heterocycles. The number of likely N-dealkylation sites (N-methyl/N-ethyl adjacent to an activating group) is 2. The largest absolute Gasteiger partial charge is 1.00 e. The Kier molecular flexibility index (Phi) is 79.3. The van der Waals surface area contributed by atoms with Crippen LogP contribution in [0.25, 0.3) is 6.08 Å². The summed E-state index contributed by atoms with van der Waals surface area (Å²) in [6.45, 7) is 46.2. The standard InChI is InChI=1S/C11H9Br3O3.2C8H16NO2.C8H10O4.C8H8O.C7H12O2.C4H5N.C4H6.C3H3N.C3H6O.C2H4F3NO4S2.ClH/c1-2-10(15)16-3-4-17-11-8(13)5-7(12)6-9(11)14;2*1-5-8(10)11-7-6-9(2,3)4;1-3-7(9)11-5-6-12-8(10)4-2;1-2-7-3-5-8(9)6-4-7;1-6(2)7(9)4-3-5-8;1-4(2)3-5;1-3-4-2;1-2-3-4;1-3-4-2;1-11(7,8)6-12(9,10)2(3,4)5;/h2,5-6H,1,3-4H2;2*5H,1,6-7H2,2-4H3;3-4H,1-2,5-6H2;2-6,9H,1H2;8H,1,3-5H2,2H3;1H2,2H3;3-4H,1-2H2;2H,1H2;3H,1H2,2H3;6H,1H3;1H/q;2*+1;;;;;;;;;/p-1. The fourth-order valence-corrected chi connectivity index (χ4v) is 8.14. The molecule has 0 bridgehead atoms. The van der Waals surface area contributed by atoms with Gasteiger partial charge in [0.1, 0.15) is 64.2 Å². The number of esters is 5. The van der Waals surface area contributed by atoms with Gasteiger partial charge in [-0.3, -0.25) is 4.79 Å². The number of rotatable bonds is 27. The fourth-order valence-electron chi connectivity index (χ4n) is 3.68. The van der Waals surface area contributed by atoms with Gasteiger partial charge in [-0.05, 0) is 87.5 Å². The quantitative estimate of drug-likeness (QED) is 0.0110. The van der Waals surface area contributed by atoms with E-state index in [1.165, 1.54) is 24.5 Å². The van der Waals surface area contributed by atoms with Crippen molar-refractivity contribution in [2.75, 3.05) is 115 Å². The molecule has 0 heterocycles. The third-order valence-electron chi connectivity index (χ3n) is 8.30. The molecule has 3 N–H and O–H groups in total. The number of nitrogens with zero attached hydrogens (tertiary/aromatic N) is 4. The van der Waals surface area contributed by atoms with Crippen LogP contribution in [-0.4, -0.2) is 192 Å². The topological polar surface area (TPSA) is 335 Å². The zero-order valence-corrected chi connectivity index (χ0v) is 64.7. The Morgan fingerprint density at radius 3 is 1.16 bits per heavy atom. The molecular formula is C66H95Br3ClF3N5O19S2+. The summed E-state index contributed by atoms with van der Waals surface area (Å²) in [7, 11) is 3.61. The predicted octanol–water partition coefficient (Wildman–Crippen LogP) is 8.62. The van der Waals surface area contributed by atoms with Crippen molar-refractivity contribution in [2.24, 2.45) is 0 Å². The van der Waals surface area contributed by atoms with Crippen LogP contribution in [0.2, 0.25) is 0 Å². The molecule has 558 valence electrons. The van der Waals surface area contributed by atoms with Crippen molar-refractivity contribution in [1.82, 2.24) is 4.13 Å². The molecule has 0 fully saturated rings. The number of carbonyl (C=O) groups is 6. The number of carbonyl (C=O) groups excluding carboxylic acids is 6. The molecule has 24 nitrogen and oxygen atoms in total. The predicted molar refractivity (Wildman–Crippen MR) is 388 cm³/mol. The summed E-state index contributed by atoms with van der Waals surface area (Å²) in [5, 5.41) is 32.4. The lowest BCUT2D eigenvalue weighted by Gasteiger charge is -2.23. The molecule has 2 aromatic rings. The van der Waals surface area contributed by atoms with E-state index in [0.29, 0.717) is 59.1 Å². The number of hydrogen-bond donors (Lipinski definition) is 3. The Balaban J connectivity index is -0.000000113. The highest BCUT2D eigenvalue weighted by atomic mass is 79.9. The lowest BCUT2D eigenvalue weighted by Crippen LogP contribution is -3.00. The van der Waals surface area contributed by atoms with E-state index < -0.39 is 43.5 Å². The van der Waals surface area contributed by atoms with Crippen LogP contribution in [0, 0.1) is 22.7 Å². The third-order valence-corrected chi connectivity index (χ3v) is 12.6. The van der Waals surface area contributed by atoms with E-state index in [-0.39, 0.29) is 63.2 Å². The molecule has 0 aromatic heterocycles. The van der Waals surface area contributed by atoms with Gasteiger partial charge in [0.05, 0.1) is 83.0 Å². The zero-order valence-electron chi connectivity index (χ0n) is 57.6. The number of nitrogens with one attached hydrogen (secondary N) is 1. The number of aliphatic hydroxyl groups is 1. The number of sulfonamides is 2. The molecule has 0 saturated heterocycles. The molecule has 0 saturated carbocycles. The highest BCUT2D eigenvalue weighted by molar-refractivity contribution is 9.11. The number of Topliss-reactive ketones (excluding diaryl/α,β-unsaturated/α-hetero) is 1. The van der Waals surface area contributed by atoms with E-state index in [1.54, 1.807) is 57.4 Å². The minimum atomic E-state index is -5.79. The van der Waals surface area contributed by atoms with Crippen molar-refractivity contribution >= 4 is 110 Å². The normalized spacial score (nSPS) is 9.36. The molecule has 2 rings (SSSR count). The number of ketones is 1. The summed E-state index contributed by atoms with van der Waals surface area (Å²) in [6, 6.07) is 14.2. The number of hydrogen-bond acceptors (Lipinski definition) is 21. The molecular weight excluding hydrogens is 1560 g/mol. The monoisotopic (exact) mass is 1650 g/mol. The number of phenols is 1. The first-order chi connectivity index (χ1) is 45.1. The number of ether oxygens (including phenoxy) is 7. The molecule has 2 aromatic carbocycles. The molecule has 0 aliphatic rings. The highest BCUT2D eigenvalue weighted by Gasteiger charge is 2.47. The van der Waals surface area contributed by atoms with Gasteiger partial charge < -0.3 is 64.7 Å². The van der Waals surface area contributed by atoms with Crippen LogP contribution in [0.15, 0.2) is 195 Å². The maximum absolute atomic E-state index is 11.4. The fraction of sp³-hybridized carbons (Fsp3) is 0.333. The van der Waals surface area contributed by atoms with Gasteiger partial charge in [0.15, 0.2) is 5.78 Å². The van der Waals surface area contributed by atoms with Crippen LogP contribution in [0.5, 0.6) is 11.5 Å². The van der Waals surface area contributed by atoms with Crippen molar-refractivity contribution in [2.45, 2.75) is 32.2 Å². The van der Waals surface area contributed by atoms with Crippen LogP contribution in [0.1, 0.15) is 32.3 Å². The highest BCUT2D eigenvalue weighted by Crippen LogP contribution is 2.36. The summed E-state index contributed by atoms with van der Waals surface area (Å²) in [5.74, 6) is -1.22. The van der Waals surface area contributed by atoms with E-state index in [9.17, 15) is 58.8 Å². The average Bonchev–Trinajstić information content (AvgIpc) is 0.838. The molecule has 99 heavy (non-hydrogen) atoms. The summed E-state index contributed by atoms with van der Waals surface area (Å²) in [6.07, 6.45) is 14.4. The van der Waals surface area contributed by atoms with Gasteiger partial charge in [0, 0.05) is 59.5 Å². The zero-order chi connectivity index (χ0) is 78.7. The number of phenolic OH excluding ortho intramolecular Hbond substituents is 1. The van der Waals surface area contributed by atoms with Crippen LogP contribution in [-0.2, 0) is 77.2 Å². The molecule has 0 unspecified atom stereocenters. The molecule has 0 aliphatic carbocycles. The number of aromatic hydroxyl groups is 1. The summed E-state index contributed by atoms with van der Waals surface area (Å²) in [4.78, 5) is 63.4. The van der Waals surface area contributed by atoms with E-state index in [2.05, 4.69) is 141 Å². The second kappa shape index (κ2) is 69.9. The minimum absolute atomic E-state index is 0. The van der Waals surface area contributed by atoms with Crippen LogP contribution in [0.3, 0.4) is 0 Å². The Morgan fingerprint density at radius 2 is 0.949 bits per heavy atom. The van der Waals surface area contributed by atoms with Crippen LogP contribution >= 0.6 is 47.8 Å². The number of allylic oxidation sites excluding steroid dienone is 5. The number of methoxy groups -OCH3 is 1. The Bertz CT molecular complexity index is 3040. The van der Waals surface area contributed by atoms with Crippen molar-refractivity contribution in [3.8, 4) is 23.6 Å². The molecule has 0 amide bonds. The van der Waals surface area contributed by atoms with Gasteiger partial charge in [0.25, 0.3) is 0 Å². The number of aliphatic hydroxyl groups excluding tert-OH is 1. The summed E-state index contributed by atoms with van der Waals surface area (Å²) < 4.78 is 112. The second-order valence-electron chi connectivity index (χ2n) is 19.2. The van der Waals surface area contributed by atoms with Gasteiger partial charge >= 0.3 is 45.4 Å². The van der Waals surface area contributed by atoms with E-state index >= 15 is 0 Å². The number of halogens is 7. The minimum Gasteiger partial charge on any atom is -1.00 e. The number of quaternary nitrogens is 2. The number of benzene rings is 2.